The zero-order valence-corrected chi connectivity index (χ0v) is 14.7. The zero-order valence-electron chi connectivity index (χ0n) is 13.9. The Hall–Kier alpha value is -0.980. The van der Waals surface area contributed by atoms with Gasteiger partial charge in [-0.2, -0.15) is 0 Å². The number of fused-ring (bicyclic) bond motifs is 2. The second-order valence-electron chi connectivity index (χ2n) is 7.68. The maximum absolute atomic E-state index is 13.0. The number of amides is 1. The Bertz CT molecular complexity index is 618. The lowest BCUT2D eigenvalue weighted by molar-refractivity contribution is -0.222. The summed E-state index contributed by atoms with van der Waals surface area (Å²) in [6.07, 6.45) is 6.56. The fraction of sp³-hybridized carbons (Fsp3) is 0.765. The fourth-order valence-corrected chi connectivity index (χ4v) is 5.69. The summed E-state index contributed by atoms with van der Waals surface area (Å²) < 4.78 is 5.88. The van der Waals surface area contributed by atoms with Gasteiger partial charge in [0, 0.05) is 22.8 Å². The van der Waals surface area contributed by atoms with Crippen LogP contribution in [-0.4, -0.2) is 29.1 Å². The predicted octanol–water partition coefficient (Wildman–Crippen LogP) is 2.49. The molecule has 0 bridgehead atoms. The van der Waals surface area contributed by atoms with Gasteiger partial charge in [-0.25, -0.2) is 4.98 Å². The highest BCUT2D eigenvalue weighted by molar-refractivity contribution is 7.15. The number of hydrogen-bond donors (Lipinski definition) is 2. The summed E-state index contributed by atoms with van der Waals surface area (Å²) in [7, 11) is 0. The minimum Gasteiger partial charge on any atom is -0.377 e. The maximum Gasteiger partial charge on any atom is 0.247 e. The first kappa shape index (κ1) is 15.5. The van der Waals surface area contributed by atoms with Crippen LogP contribution in [0.5, 0.6) is 0 Å². The van der Waals surface area contributed by atoms with E-state index in [0.717, 1.165) is 38.0 Å². The van der Waals surface area contributed by atoms with Crippen molar-refractivity contribution >= 4 is 22.4 Å². The van der Waals surface area contributed by atoms with Crippen molar-refractivity contribution in [1.82, 2.24) is 4.98 Å². The summed E-state index contributed by atoms with van der Waals surface area (Å²) in [6, 6.07) is 0. The highest BCUT2D eigenvalue weighted by Gasteiger charge is 2.70. The number of carbonyl (C=O) groups excluding carboxylic acids is 1. The van der Waals surface area contributed by atoms with Crippen molar-refractivity contribution in [3.63, 3.8) is 0 Å². The Morgan fingerprint density at radius 2 is 2.13 bits per heavy atom. The molecule has 2 heterocycles. The quantitative estimate of drug-likeness (QED) is 0.870. The first-order valence-corrected chi connectivity index (χ1v) is 9.47. The molecule has 1 aromatic heterocycles. The Kier molecular flexibility index (Phi) is 3.55. The number of nitrogens with one attached hydrogen (secondary N) is 1. The van der Waals surface area contributed by atoms with Crippen molar-refractivity contribution in [3.05, 3.63) is 10.6 Å². The molecule has 1 saturated carbocycles. The third-order valence-electron chi connectivity index (χ3n) is 6.13. The first-order valence-electron chi connectivity index (χ1n) is 8.65. The van der Waals surface area contributed by atoms with E-state index < -0.39 is 5.54 Å². The number of aromatic nitrogens is 1. The molecule has 23 heavy (non-hydrogen) atoms. The van der Waals surface area contributed by atoms with Crippen LogP contribution in [0.2, 0.25) is 0 Å². The molecule has 1 amide bonds. The van der Waals surface area contributed by atoms with Gasteiger partial charge in [-0.3, -0.25) is 4.79 Å². The van der Waals surface area contributed by atoms with E-state index in [1.54, 1.807) is 11.3 Å². The van der Waals surface area contributed by atoms with Crippen LogP contribution in [0.3, 0.4) is 0 Å². The topological polar surface area (TPSA) is 77.2 Å². The molecule has 0 spiro atoms. The van der Waals surface area contributed by atoms with Crippen LogP contribution in [0, 0.1) is 11.3 Å². The molecule has 1 aromatic rings. The molecule has 3 aliphatic rings. The Labute approximate surface area is 141 Å². The molecule has 6 heteroatoms. The average Bonchev–Trinajstić information content (AvgIpc) is 2.96. The molecule has 0 aromatic carbocycles. The Morgan fingerprint density at radius 1 is 1.35 bits per heavy atom. The minimum absolute atomic E-state index is 0.0940. The van der Waals surface area contributed by atoms with E-state index in [1.165, 1.54) is 17.7 Å². The molecule has 5 nitrogen and oxygen atoms in total. The van der Waals surface area contributed by atoms with Crippen molar-refractivity contribution in [1.29, 1.82) is 0 Å². The number of rotatable bonds is 2. The fourth-order valence-electron chi connectivity index (χ4n) is 4.64. The van der Waals surface area contributed by atoms with E-state index in [0.29, 0.717) is 5.13 Å². The smallest absolute Gasteiger partial charge is 0.247 e. The van der Waals surface area contributed by atoms with Crippen molar-refractivity contribution in [2.24, 2.45) is 17.1 Å². The third-order valence-corrected chi connectivity index (χ3v) is 7.20. The molecule has 1 saturated heterocycles. The molecule has 4 rings (SSSR count). The van der Waals surface area contributed by atoms with Gasteiger partial charge < -0.3 is 15.8 Å². The number of thiazole rings is 1. The number of aryl methyl sites for hydroxylation is 2. The molecule has 0 radical (unpaired) electrons. The van der Waals surface area contributed by atoms with Gasteiger partial charge in [0.1, 0.15) is 5.54 Å². The Balaban J connectivity index is 1.55. The highest BCUT2D eigenvalue weighted by Crippen LogP contribution is 2.57. The molecule has 2 aliphatic carbocycles. The van der Waals surface area contributed by atoms with Crippen LogP contribution >= 0.6 is 11.3 Å². The van der Waals surface area contributed by atoms with E-state index in [1.807, 2.05) is 13.8 Å². The van der Waals surface area contributed by atoms with Gasteiger partial charge in [0.15, 0.2) is 5.13 Å². The number of anilines is 1. The molecular weight excluding hydrogens is 310 g/mol. The summed E-state index contributed by atoms with van der Waals surface area (Å²) in [6.45, 7) is 4.87. The van der Waals surface area contributed by atoms with Gasteiger partial charge in [-0.1, -0.05) is 13.8 Å². The summed E-state index contributed by atoms with van der Waals surface area (Å²) in [5.74, 6) is 0.0150. The SMILES string of the molecule is CC1(C)C2OCCCC2C1(N)C(=O)Nc1nc2c(s1)CCCC2. The van der Waals surface area contributed by atoms with Crippen LogP contribution in [0.15, 0.2) is 0 Å². The molecule has 2 fully saturated rings. The highest BCUT2D eigenvalue weighted by atomic mass is 32.1. The van der Waals surface area contributed by atoms with Crippen LogP contribution in [0.25, 0.3) is 0 Å². The number of nitrogens with zero attached hydrogens (tertiary/aromatic N) is 1. The normalized spacial score (nSPS) is 34.9. The van der Waals surface area contributed by atoms with E-state index in [2.05, 4.69) is 10.3 Å². The summed E-state index contributed by atoms with van der Waals surface area (Å²) in [5, 5.41) is 3.73. The van der Waals surface area contributed by atoms with E-state index >= 15 is 0 Å². The van der Waals surface area contributed by atoms with E-state index in [4.69, 9.17) is 10.5 Å². The van der Waals surface area contributed by atoms with Crippen molar-refractivity contribution in [2.45, 2.75) is 64.0 Å². The second-order valence-corrected chi connectivity index (χ2v) is 8.76. The van der Waals surface area contributed by atoms with E-state index in [-0.39, 0.29) is 23.3 Å². The monoisotopic (exact) mass is 335 g/mol. The van der Waals surface area contributed by atoms with Crippen molar-refractivity contribution in [3.8, 4) is 0 Å². The van der Waals surface area contributed by atoms with Gasteiger partial charge >= 0.3 is 0 Å². The first-order chi connectivity index (χ1) is 10.9. The largest absolute Gasteiger partial charge is 0.377 e. The van der Waals surface area contributed by atoms with Crippen LogP contribution in [0.1, 0.15) is 50.1 Å². The molecule has 1 aliphatic heterocycles. The van der Waals surface area contributed by atoms with Gasteiger partial charge in [-0.05, 0) is 38.5 Å². The van der Waals surface area contributed by atoms with Crippen LogP contribution < -0.4 is 11.1 Å². The number of carbonyl (C=O) groups is 1. The number of ether oxygens (including phenoxy) is 1. The lowest BCUT2D eigenvalue weighted by Gasteiger charge is -2.64. The van der Waals surface area contributed by atoms with Gasteiger partial charge in [-0.15, -0.1) is 11.3 Å². The summed E-state index contributed by atoms with van der Waals surface area (Å²) >= 11 is 1.61. The lowest BCUT2D eigenvalue weighted by Crippen LogP contribution is -2.81. The molecule has 126 valence electrons. The lowest BCUT2D eigenvalue weighted by atomic mass is 9.46. The average molecular weight is 335 g/mol. The van der Waals surface area contributed by atoms with Gasteiger partial charge in [0.05, 0.1) is 11.8 Å². The van der Waals surface area contributed by atoms with Crippen molar-refractivity contribution < 1.29 is 9.53 Å². The molecule has 3 N–H and O–H groups in total. The second kappa shape index (κ2) is 5.26. The zero-order chi connectivity index (χ0) is 16.2. The van der Waals surface area contributed by atoms with Gasteiger partial charge in [0.2, 0.25) is 5.91 Å². The van der Waals surface area contributed by atoms with Crippen LogP contribution in [0.4, 0.5) is 5.13 Å². The molecule has 3 atom stereocenters. The van der Waals surface area contributed by atoms with Crippen LogP contribution in [-0.2, 0) is 22.4 Å². The maximum atomic E-state index is 13.0. The van der Waals surface area contributed by atoms with Gasteiger partial charge in [0.25, 0.3) is 0 Å². The summed E-state index contributed by atoms with van der Waals surface area (Å²) in [5.41, 5.74) is 6.58. The Morgan fingerprint density at radius 3 is 2.91 bits per heavy atom. The third kappa shape index (κ3) is 2.11. The van der Waals surface area contributed by atoms with E-state index in [9.17, 15) is 4.79 Å². The summed E-state index contributed by atoms with van der Waals surface area (Å²) in [4.78, 5) is 18.9. The predicted molar refractivity (Wildman–Crippen MR) is 90.5 cm³/mol. The number of nitrogens with two attached hydrogens (primary N) is 1. The standard InChI is InChI=1S/C17H25N3O2S/c1-16(2)13-10(6-5-9-22-13)17(16,18)14(21)20-15-19-11-7-3-4-8-12(11)23-15/h10,13H,3-9,18H2,1-2H3,(H,19,20,21). The molecule has 3 unspecified atom stereocenters. The molecular formula is C17H25N3O2S. The number of hydrogen-bond acceptors (Lipinski definition) is 5. The van der Waals surface area contributed by atoms with Crippen molar-refractivity contribution in [2.75, 3.05) is 11.9 Å². The minimum atomic E-state index is -0.871.